The molecule has 1 aliphatic carbocycles. The molecule has 1 aromatic carbocycles. The smallest absolute Gasteiger partial charge is 0.249 e. The number of fused-ring (bicyclic) bond motifs is 1. The largest absolute Gasteiger partial charge is 0.373 e. The predicted molar refractivity (Wildman–Crippen MR) is 81.2 cm³/mol. The number of aromatic nitrogens is 2. The third-order valence-corrected chi connectivity index (χ3v) is 4.91. The topological polar surface area (TPSA) is 51.0 Å². The first-order valence-corrected chi connectivity index (χ1v) is 7.97. The number of hydrogen-bond donors (Lipinski definition) is 1. The van der Waals surface area contributed by atoms with Gasteiger partial charge in [-0.1, -0.05) is 43.1 Å². The van der Waals surface area contributed by atoms with E-state index in [4.69, 9.17) is 4.52 Å². The van der Waals surface area contributed by atoms with Crippen LogP contribution < -0.4 is 5.32 Å². The van der Waals surface area contributed by atoms with Gasteiger partial charge in [0.2, 0.25) is 5.89 Å². The Morgan fingerprint density at radius 1 is 1.14 bits per heavy atom. The summed E-state index contributed by atoms with van der Waals surface area (Å²) in [7, 11) is 0. The molecule has 2 aromatic rings. The standard InChI is InChI=1S/C17H21N3O/c1-11-6-8-12(9-7-11)16-19-17(21-20-16)15-10-13-4-2-3-5-14(13)18-15/h2-5,11-12,15,18H,6-10H2,1H3. The molecule has 0 saturated heterocycles. The van der Waals surface area contributed by atoms with Gasteiger partial charge in [-0.05, 0) is 30.4 Å². The second-order valence-electron chi connectivity index (χ2n) is 6.51. The van der Waals surface area contributed by atoms with Crippen molar-refractivity contribution < 1.29 is 4.52 Å². The summed E-state index contributed by atoms with van der Waals surface area (Å²) in [4.78, 5) is 4.68. The molecule has 1 aliphatic heterocycles. The Balaban J connectivity index is 1.49. The number of benzene rings is 1. The van der Waals surface area contributed by atoms with Gasteiger partial charge in [-0.25, -0.2) is 0 Å². The Morgan fingerprint density at radius 2 is 1.95 bits per heavy atom. The maximum absolute atomic E-state index is 5.54. The van der Waals surface area contributed by atoms with E-state index in [-0.39, 0.29) is 6.04 Å². The average molecular weight is 283 g/mol. The fourth-order valence-corrected chi connectivity index (χ4v) is 3.52. The Morgan fingerprint density at radius 3 is 2.76 bits per heavy atom. The minimum atomic E-state index is 0.131. The van der Waals surface area contributed by atoms with E-state index >= 15 is 0 Å². The first-order chi connectivity index (χ1) is 10.3. The zero-order chi connectivity index (χ0) is 14.2. The first-order valence-electron chi connectivity index (χ1n) is 7.97. The minimum absolute atomic E-state index is 0.131. The fraction of sp³-hybridized carbons (Fsp3) is 0.529. The molecule has 21 heavy (non-hydrogen) atoms. The van der Waals surface area contributed by atoms with Gasteiger partial charge in [-0.3, -0.25) is 0 Å². The van der Waals surface area contributed by atoms with E-state index in [1.165, 1.54) is 36.9 Å². The van der Waals surface area contributed by atoms with Crippen LogP contribution in [-0.2, 0) is 6.42 Å². The molecule has 1 N–H and O–H groups in total. The minimum Gasteiger partial charge on any atom is -0.373 e. The third kappa shape index (κ3) is 2.43. The predicted octanol–water partition coefficient (Wildman–Crippen LogP) is 4.07. The number of hydrogen-bond acceptors (Lipinski definition) is 4. The summed E-state index contributed by atoms with van der Waals surface area (Å²) in [6.45, 7) is 2.33. The van der Waals surface area contributed by atoms with Crippen molar-refractivity contribution in [3.8, 4) is 0 Å². The van der Waals surface area contributed by atoms with Gasteiger partial charge in [-0.15, -0.1) is 0 Å². The van der Waals surface area contributed by atoms with Crippen LogP contribution in [0.15, 0.2) is 28.8 Å². The lowest BCUT2D eigenvalue weighted by atomic mass is 9.83. The van der Waals surface area contributed by atoms with Crippen molar-refractivity contribution in [2.45, 2.75) is 51.0 Å². The molecular weight excluding hydrogens is 262 g/mol. The van der Waals surface area contributed by atoms with E-state index in [0.717, 1.165) is 24.1 Å². The summed E-state index contributed by atoms with van der Waals surface area (Å²) in [5.41, 5.74) is 2.52. The molecular formula is C17H21N3O. The van der Waals surface area contributed by atoms with E-state index in [1.807, 2.05) is 0 Å². The number of nitrogens with one attached hydrogen (secondary N) is 1. The van der Waals surface area contributed by atoms with Crippen LogP contribution in [0.4, 0.5) is 5.69 Å². The van der Waals surface area contributed by atoms with Crippen molar-refractivity contribution in [1.82, 2.24) is 10.1 Å². The van der Waals surface area contributed by atoms with Crippen LogP contribution in [0, 0.1) is 5.92 Å². The molecule has 110 valence electrons. The second-order valence-corrected chi connectivity index (χ2v) is 6.51. The van der Waals surface area contributed by atoms with Crippen LogP contribution in [0.25, 0.3) is 0 Å². The first kappa shape index (κ1) is 12.9. The van der Waals surface area contributed by atoms with Crippen molar-refractivity contribution in [1.29, 1.82) is 0 Å². The molecule has 4 rings (SSSR count). The van der Waals surface area contributed by atoms with Crippen LogP contribution in [-0.4, -0.2) is 10.1 Å². The lowest BCUT2D eigenvalue weighted by Gasteiger charge is -2.23. The lowest BCUT2D eigenvalue weighted by Crippen LogP contribution is -2.12. The Hall–Kier alpha value is -1.84. The van der Waals surface area contributed by atoms with Crippen molar-refractivity contribution in [3.63, 3.8) is 0 Å². The molecule has 0 amide bonds. The maximum atomic E-state index is 5.54. The molecule has 1 saturated carbocycles. The number of rotatable bonds is 2. The van der Waals surface area contributed by atoms with Gasteiger partial charge in [0.05, 0.1) is 0 Å². The molecule has 4 heteroatoms. The summed E-state index contributed by atoms with van der Waals surface area (Å²) in [6.07, 6.45) is 5.87. The van der Waals surface area contributed by atoms with Crippen LogP contribution in [0.5, 0.6) is 0 Å². The van der Waals surface area contributed by atoms with Gasteiger partial charge in [0.15, 0.2) is 5.82 Å². The van der Waals surface area contributed by atoms with E-state index in [1.54, 1.807) is 0 Å². The SMILES string of the molecule is CC1CCC(c2noc(C3Cc4ccccc4N3)n2)CC1. The van der Waals surface area contributed by atoms with Crippen LogP contribution >= 0.6 is 0 Å². The molecule has 1 atom stereocenters. The lowest BCUT2D eigenvalue weighted by molar-refractivity contribution is 0.321. The molecule has 1 aromatic heterocycles. The van der Waals surface area contributed by atoms with E-state index < -0.39 is 0 Å². The molecule has 4 nitrogen and oxygen atoms in total. The van der Waals surface area contributed by atoms with Crippen molar-refractivity contribution in [2.24, 2.45) is 5.92 Å². The van der Waals surface area contributed by atoms with Crippen molar-refractivity contribution in [3.05, 3.63) is 41.5 Å². The third-order valence-electron chi connectivity index (χ3n) is 4.91. The monoisotopic (exact) mass is 283 g/mol. The van der Waals surface area contributed by atoms with Gasteiger partial charge in [0.25, 0.3) is 0 Å². The van der Waals surface area contributed by atoms with E-state index in [2.05, 4.69) is 46.6 Å². The van der Waals surface area contributed by atoms with Gasteiger partial charge in [0, 0.05) is 18.0 Å². The summed E-state index contributed by atoms with van der Waals surface area (Å²) in [5.74, 6) is 2.98. The highest BCUT2D eigenvalue weighted by molar-refractivity contribution is 5.56. The highest BCUT2D eigenvalue weighted by atomic mass is 16.5. The highest BCUT2D eigenvalue weighted by Gasteiger charge is 2.29. The Bertz CT molecular complexity index is 603. The summed E-state index contributed by atoms with van der Waals surface area (Å²) < 4.78 is 5.54. The number of nitrogens with zero attached hydrogens (tertiary/aromatic N) is 2. The van der Waals surface area contributed by atoms with Crippen LogP contribution in [0.2, 0.25) is 0 Å². The van der Waals surface area contributed by atoms with Gasteiger partial charge in [0.1, 0.15) is 6.04 Å². The van der Waals surface area contributed by atoms with Gasteiger partial charge >= 0.3 is 0 Å². The van der Waals surface area contributed by atoms with Crippen molar-refractivity contribution in [2.75, 3.05) is 5.32 Å². The van der Waals surface area contributed by atoms with Crippen LogP contribution in [0.3, 0.4) is 0 Å². The van der Waals surface area contributed by atoms with Crippen molar-refractivity contribution >= 4 is 5.69 Å². The zero-order valence-corrected chi connectivity index (χ0v) is 12.4. The average Bonchev–Trinajstić information content (AvgIpc) is 3.14. The Labute approximate surface area is 124 Å². The van der Waals surface area contributed by atoms with E-state index in [0.29, 0.717) is 5.92 Å². The molecule has 1 fully saturated rings. The quantitative estimate of drug-likeness (QED) is 0.902. The maximum Gasteiger partial charge on any atom is 0.249 e. The second kappa shape index (κ2) is 5.17. The van der Waals surface area contributed by atoms with Gasteiger partial charge in [-0.2, -0.15) is 4.98 Å². The summed E-state index contributed by atoms with van der Waals surface area (Å²) in [5, 5.41) is 7.72. The number of anilines is 1. The summed E-state index contributed by atoms with van der Waals surface area (Å²) >= 11 is 0. The molecule has 2 heterocycles. The molecule has 1 unspecified atom stereocenters. The van der Waals surface area contributed by atoms with Crippen LogP contribution in [0.1, 0.15) is 61.8 Å². The normalized spacial score (nSPS) is 28.1. The number of para-hydroxylation sites is 1. The van der Waals surface area contributed by atoms with Gasteiger partial charge < -0.3 is 9.84 Å². The van der Waals surface area contributed by atoms with E-state index in [9.17, 15) is 0 Å². The Kier molecular flexibility index (Phi) is 3.17. The molecule has 0 radical (unpaired) electrons. The highest BCUT2D eigenvalue weighted by Crippen LogP contribution is 2.36. The molecule has 2 aliphatic rings. The fourth-order valence-electron chi connectivity index (χ4n) is 3.52. The molecule has 0 bridgehead atoms. The molecule has 0 spiro atoms. The zero-order valence-electron chi connectivity index (χ0n) is 12.4. The summed E-state index contributed by atoms with van der Waals surface area (Å²) in [6, 6.07) is 8.52.